The molecule has 4 unspecified atom stereocenters. The van der Waals surface area contributed by atoms with Crippen molar-refractivity contribution in [2.45, 2.75) is 87.9 Å². The Morgan fingerprint density at radius 3 is 2.08 bits per heavy atom. The van der Waals surface area contributed by atoms with Gasteiger partial charge in [0.25, 0.3) is 11.8 Å². The number of benzene rings is 6. The standard InChI is InChI=1S/C53H56N4O4/c1-34-18-21-41(60-32-39-13-8-26-54-39)29-45(34)50(58)55-52(24-25-52)47-16-7-12-37-28-38(20-23-44(37)47)49-31-53(49,48-17-6-11-36-10-4-5-15-43(36)48)56-51(59)46-30-42(22-19-35(46)2)61-33-40-14-9-27-57(40)3/h4-7,10-12,15-23,28-30,39-40,49,54H,8-9,13-14,24-27,31-33H2,1-3H3,(H,55,58)(H,56,59). The number of aryl methyl sites for hydroxylation is 2. The summed E-state index contributed by atoms with van der Waals surface area (Å²) in [6.07, 6.45) is 7.13. The molecule has 0 radical (unpaired) electrons. The van der Waals surface area contributed by atoms with Crippen molar-refractivity contribution in [1.29, 1.82) is 0 Å². The Balaban J connectivity index is 0.923. The van der Waals surface area contributed by atoms with E-state index >= 15 is 0 Å². The van der Waals surface area contributed by atoms with Crippen LogP contribution in [0.2, 0.25) is 0 Å². The highest BCUT2D eigenvalue weighted by Crippen LogP contribution is 2.60. The molecule has 312 valence electrons. The lowest BCUT2D eigenvalue weighted by molar-refractivity contribution is 0.0920. The zero-order valence-electron chi connectivity index (χ0n) is 35.6. The van der Waals surface area contributed by atoms with E-state index in [1.54, 1.807) is 0 Å². The van der Waals surface area contributed by atoms with Crippen LogP contribution in [0, 0.1) is 13.8 Å². The molecule has 2 heterocycles. The normalized spacial score (nSPS) is 22.9. The number of likely N-dealkylation sites (N-methyl/N-ethyl adjacent to an activating group) is 1. The first kappa shape index (κ1) is 39.4. The average molecular weight is 813 g/mol. The molecule has 2 saturated carbocycles. The predicted octanol–water partition coefficient (Wildman–Crippen LogP) is 9.45. The number of ether oxygens (including phenoxy) is 2. The second-order valence-electron chi connectivity index (χ2n) is 18.2. The molecule has 4 atom stereocenters. The van der Waals surface area contributed by atoms with Gasteiger partial charge in [0.05, 0.1) is 11.1 Å². The van der Waals surface area contributed by atoms with Crippen LogP contribution in [0.15, 0.2) is 115 Å². The Morgan fingerprint density at radius 2 is 1.38 bits per heavy atom. The maximum atomic E-state index is 14.5. The SMILES string of the molecule is Cc1ccc(OCC2CCCN2)cc1C(=O)NC1(c2cccc3cc(C4CC4(NC(=O)c4cc(OCC5CCCN5C)ccc4C)c4cccc5ccccc45)ccc23)CC1. The lowest BCUT2D eigenvalue weighted by Crippen LogP contribution is -2.37. The molecule has 3 N–H and O–H groups in total. The van der Waals surface area contributed by atoms with E-state index in [1.807, 2.05) is 50.2 Å². The minimum absolute atomic E-state index is 0.0597. The molecule has 0 bridgehead atoms. The van der Waals surface area contributed by atoms with Crippen LogP contribution in [-0.2, 0) is 11.1 Å². The first-order chi connectivity index (χ1) is 29.7. The molecule has 10 rings (SSSR count). The highest BCUT2D eigenvalue weighted by atomic mass is 16.5. The van der Waals surface area contributed by atoms with Gasteiger partial charge in [-0.2, -0.15) is 0 Å². The molecular formula is C53H56N4O4. The predicted molar refractivity (Wildman–Crippen MR) is 243 cm³/mol. The summed E-state index contributed by atoms with van der Waals surface area (Å²) < 4.78 is 12.4. The largest absolute Gasteiger partial charge is 0.492 e. The molecule has 2 aliphatic carbocycles. The summed E-state index contributed by atoms with van der Waals surface area (Å²) in [4.78, 5) is 30.9. The molecule has 4 fully saturated rings. The molecular weight excluding hydrogens is 757 g/mol. The minimum atomic E-state index is -0.603. The maximum Gasteiger partial charge on any atom is 0.252 e. The van der Waals surface area contributed by atoms with E-state index in [4.69, 9.17) is 9.47 Å². The summed E-state index contributed by atoms with van der Waals surface area (Å²) in [5, 5.41) is 15.1. The van der Waals surface area contributed by atoms with E-state index in [0.717, 1.165) is 100 Å². The maximum absolute atomic E-state index is 14.5. The molecule has 6 aromatic carbocycles. The van der Waals surface area contributed by atoms with Gasteiger partial charge in [0, 0.05) is 29.1 Å². The molecule has 61 heavy (non-hydrogen) atoms. The number of amides is 2. The molecule has 2 saturated heterocycles. The summed E-state index contributed by atoms with van der Waals surface area (Å²) >= 11 is 0. The molecule has 0 aromatic heterocycles. The number of hydrogen-bond donors (Lipinski definition) is 3. The fraction of sp³-hybridized carbons (Fsp3) is 0.358. The van der Waals surface area contributed by atoms with Crippen molar-refractivity contribution in [3.63, 3.8) is 0 Å². The Hall–Kier alpha value is -5.70. The summed E-state index contributed by atoms with van der Waals surface area (Å²) in [7, 11) is 2.15. The lowest BCUT2D eigenvalue weighted by Gasteiger charge is -2.24. The Morgan fingerprint density at radius 1 is 0.705 bits per heavy atom. The van der Waals surface area contributed by atoms with Crippen LogP contribution >= 0.6 is 0 Å². The quantitative estimate of drug-likeness (QED) is 0.108. The van der Waals surface area contributed by atoms with Crippen molar-refractivity contribution in [2.24, 2.45) is 0 Å². The number of hydrogen-bond acceptors (Lipinski definition) is 6. The first-order valence-electron chi connectivity index (χ1n) is 22.3. The van der Waals surface area contributed by atoms with Crippen LogP contribution in [0.3, 0.4) is 0 Å². The number of nitrogens with zero attached hydrogens (tertiary/aromatic N) is 1. The van der Waals surface area contributed by atoms with Gasteiger partial charge in [-0.3, -0.25) is 9.59 Å². The van der Waals surface area contributed by atoms with Crippen LogP contribution < -0.4 is 25.4 Å². The van der Waals surface area contributed by atoms with Gasteiger partial charge in [0.1, 0.15) is 24.7 Å². The monoisotopic (exact) mass is 812 g/mol. The van der Waals surface area contributed by atoms with Crippen LogP contribution in [0.25, 0.3) is 21.5 Å². The van der Waals surface area contributed by atoms with E-state index in [-0.39, 0.29) is 17.7 Å². The van der Waals surface area contributed by atoms with Crippen molar-refractivity contribution in [1.82, 2.24) is 20.9 Å². The zero-order valence-corrected chi connectivity index (χ0v) is 35.6. The molecule has 6 aromatic rings. The van der Waals surface area contributed by atoms with Crippen molar-refractivity contribution in [2.75, 3.05) is 33.4 Å². The van der Waals surface area contributed by atoms with Crippen molar-refractivity contribution in [3.05, 3.63) is 154 Å². The topological polar surface area (TPSA) is 91.9 Å². The van der Waals surface area contributed by atoms with Gasteiger partial charge in [-0.1, -0.05) is 91.0 Å². The zero-order chi connectivity index (χ0) is 41.7. The van der Waals surface area contributed by atoms with Crippen molar-refractivity contribution >= 4 is 33.4 Å². The third kappa shape index (κ3) is 7.65. The van der Waals surface area contributed by atoms with E-state index in [9.17, 15) is 9.59 Å². The molecule has 2 amide bonds. The average Bonchev–Trinajstić information content (AvgIpc) is 4.08. The summed E-state index contributed by atoms with van der Waals surface area (Å²) in [6, 6.07) is 40.6. The van der Waals surface area contributed by atoms with Gasteiger partial charge >= 0.3 is 0 Å². The van der Waals surface area contributed by atoms with Crippen LogP contribution in [0.5, 0.6) is 11.5 Å². The highest BCUT2D eigenvalue weighted by Gasteiger charge is 2.58. The Labute approximate surface area is 359 Å². The highest BCUT2D eigenvalue weighted by molar-refractivity contribution is 5.99. The van der Waals surface area contributed by atoms with Gasteiger partial charge in [-0.15, -0.1) is 0 Å². The number of rotatable bonds is 13. The number of likely N-dealkylation sites (tertiary alicyclic amines) is 1. The van der Waals surface area contributed by atoms with Crippen LogP contribution in [-0.4, -0.2) is 62.1 Å². The number of carbonyl (C=O) groups is 2. The van der Waals surface area contributed by atoms with Gasteiger partial charge < -0.3 is 30.3 Å². The van der Waals surface area contributed by atoms with Gasteiger partial charge in [0.2, 0.25) is 0 Å². The minimum Gasteiger partial charge on any atom is -0.492 e. The molecule has 2 aliphatic heterocycles. The third-order valence-corrected chi connectivity index (χ3v) is 14.1. The van der Waals surface area contributed by atoms with Crippen molar-refractivity contribution in [3.8, 4) is 11.5 Å². The van der Waals surface area contributed by atoms with Gasteiger partial charge in [-0.05, 0) is 153 Å². The fourth-order valence-electron chi connectivity index (χ4n) is 10.2. The summed E-state index contributed by atoms with van der Waals surface area (Å²) in [6.45, 7) is 7.32. The second-order valence-corrected chi connectivity index (χ2v) is 18.2. The third-order valence-electron chi connectivity index (χ3n) is 14.1. The van der Waals surface area contributed by atoms with E-state index in [1.165, 1.54) is 18.4 Å². The van der Waals surface area contributed by atoms with E-state index in [0.29, 0.717) is 36.4 Å². The number of fused-ring (bicyclic) bond motifs is 2. The number of carbonyl (C=O) groups excluding carboxylic acids is 2. The Bertz CT molecular complexity index is 2640. The summed E-state index contributed by atoms with van der Waals surface area (Å²) in [5.41, 5.74) is 5.55. The van der Waals surface area contributed by atoms with E-state index in [2.05, 4.69) is 107 Å². The second kappa shape index (κ2) is 16.0. The van der Waals surface area contributed by atoms with Crippen LogP contribution in [0.1, 0.15) is 99.4 Å². The fourth-order valence-corrected chi connectivity index (χ4v) is 10.2. The Kier molecular flexibility index (Phi) is 10.3. The van der Waals surface area contributed by atoms with Crippen LogP contribution in [0.4, 0.5) is 0 Å². The van der Waals surface area contributed by atoms with Gasteiger partial charge in [0.15, 0.2) is 0 Å². The number of nitrogens with one attached hydrogen (secondary N) is 3. The van der Waals surface area contributed by atoms with Gasteiger partial charge in [-0.25, -0.2) is 0 Å². The molecule has 8 nitrogen and oxygen atoms in total. The first-order valence-corrected chi connectivity index (χ1v) is 22.3. The van der Waals surface area contributed by atoms with Crippen molar-refractivity contribution < 1.29 is 19.1 Å². The lowest BCUT2D eigenvalue weighted by atomic mass is 9.91. The molecule has 8 heteroatoms. The smallest absolute Gasteiger partial charge is 0.252 e. The van der Waals surface area contributed by atoms with E-state index < -0.39 is 11.1 Å². The summed E-state index contributed by atoms with van der Waals surface area (Å²) in [5.74, 6) is 1.34. The molecule has 0 spiro atoms. The molecule has 4 aliphatic rings.